The molecule has 4 rings (SSSR count). The Morgan fingerprint density at radius 2 is 1.97 bits per heavy atom. The van der Waals surface area contributed by atoms with Crippen LogP contribution in [0.25, 0.3) is 10.2 Å². The molecule has 0 radical (unpaired) electrons. The number of hydrogen-bond donors (Lipinski definition) is 0. The molecule has 1 aliphatic heterocycles. The Labute approximate surface area is 173 Å². The van der Waals surface area contributed by atoms with Crippen LogP contribution in [0.5, 0.6) is 5.75 Å². The number of methoxy groups -OCH3 is 1. The lowest BCUT2D eigenvalue weighted by Crippen LogP contribution is -2.49. The Hall–Kier alpha value is -2.51. The highest BCUT2D eigenvalue weighted by Crippen LogP contribution is 2.30. The van der Waals surface area contributed by atoms with E-state index >= 15 is 0 Å². The van der Waals surface area contributed by atoms with Crippen molar-refractivity contribution in [3.8, 4) is 5.75 Å². The highest BCUT2D eigenvalue weighted by molar-refractivity contribution is 7.18. The first kappa shape index (κ1) is 19.8. The number of aromatic nitrogens is 1. The first-order chi connectivity index (χ1) is 14.0. The van der Waals surface area contributed by atoms with Crippen LogP contribution in [0.15, 0.2) is 42.5 Å². The number of amides is 1. The minimum atomic E-state index is -0.438. The largest absolute Gasteiger partial charge is 0.494 e. The number of halogens is 1. The van der Waals surface area contributed by atoms with Crippen LogP contribution < -0.4 is 4.74 Å². The van der Waals surface area contributed by atoms with Gasteiger partial charge in [-0.05, 0) is 36.8 Å². The number of hydrogen-bond acceptors (Lipinski definition) is 5. The van der Waals surface area contributed by atoms with Gasteiger partial charge in [-0.1, -0.05) is 18.2 Å². The Balaban J connectivity index is 1.34. The monoisotopic (exact) mass is 413 g/mol. The molecular weight excluding hydrogens is 389 g/mol. The molecule has 1 amide bonds. The highest BCUT2D eigenvalue weighted by Gasteiger charge is 2.26. The minimum Gasteiger partial charge on any atom is -0.494 e. The summed E-state index contributed by atoms with van der Waals surface area (Å²) in [6, 6.07) is 13.1. The molecule has 0 unspecified atom stereocenters. The molecule has 5 nitrogen and oxygen atoms in total. The molecule has 7 heteroatoms. The maximum Gasteiger partial charge on any atom is 0.227 e. The molecule has 0 bridgehead atoms. The van der Waals surface area contributed by atoms with Crippen LogP contribution in [0.2, 0.25) is 0 Å². The van der Waals surface area contributed by atoms with Crippen molar-refractivity contribution >= 4 is 27.5 Å². The number of ether oxygens (including phenoxy) is 1. The van der Waals surface area contributed by atoms with Crippen LogP contribution in [0.1, 0.15) is 23.5 Å². The standard InChI is InChI=1S/C22H24FN3O2S/c1-15(22-24-18-5-3-4-6-20(18)29-22)25-9-11-26(12-10-25)21(27)14-16-7-8-19(28-2)17(23)13-16/h3-8,13,15H,9-12,14H2,1-2H3/t15-/m0/s1. The second-order valence-corrected chi connectivity index (χ2v) is 8.32. The first-order valence-electron chi connectivity index (χ1n) is 9.75. The zero-order chi connectivity index (χ0) is 20.4. The average Bonchev–Trinajstić information content (AvgIpc) is 3.18. The van der Waals surface area contributed by atoms with Gasteiger partial charge in [0.05, 0.1) is 29.8 Å². The SMILES string of the molecule is COc1ccc(CC(=O)N2CCN([C@@H](C)c3nc4ccccc4s3)CC2)cc1F. The van der Waals surface area contributed by atoms with Gasteiger partial charge < -0.3 is 9.64 Å². The van der Waals surface area contributed by atoms with E-state index in [4.69, 9.17) is 9.72 Å². The van der Waals surface area contributed by atoms with Crippen molar-refractivity contribution in [2.45, 2.75) is 19.4 Å². The molecule has 1 fully saturated rings. The van der Waals surface area contributed by atoms with Gasteiger partial charge in [0, 0.05) is 26.2 Å². The van der Waals surface area contributed by atoms with E-state index in [2.05, 4.69) is 17.9 Å². The van der Waals surface area contributed by atoms with Crippen molar-refractivity contribution in [2.24, 2.45) is 0 Å². The molecule has 2 heterocycles. The zero-order valence-corrected chi connectivity index (χ0v) is 17.4. The Bertz CT molecular complexity index is 981. The summed E-state index contributed by atoms with van der Waals surface area (Å²) in [4.78, 5) is 21.6. The molecule has 0 saturated carbocycles. The summed E-state index contributed by atoms with van der Waals surface area (Å²) in [6.07, 6.45) is 0.203. The van der Waals surface area contributed by atoms with E-state index in [1.165, 1.54) is 17.9 Å². The molecule has 3 aromatic rings. The average molecular weight is 414 g/mol. The fourth-order valence-electron chi connectivity index (χ4n) is 3.69. The summed E-state index contributed by atoms with van der Waals surface area (Å²) < 4.78 is 20.0. The van der Waals surface area contributed by atoms with E-state index in [-0.39, 0.29) is 24.1 Å². The first-order valence-corrected chi connectivity index (χ1v) is 10.6. The molecular formula is C22H24FN3O2S. The maximum atomic E-state index is 13.9. The van der Waals surface area contributed by atoms with Gasteiger partial charge in [0.25, 0.3) is 0 Å². The molecule has 2 aromatic carbocycles. The van der Waals surface area contributed by atoms with Crippen molar-refractivity contribution in [1.82, 2.24) is 14.8 Å². The third-order valence-electron chi connectivity index (χ3n) is 5.45. The quantitative estimate of drug-likeness (QED) is 0.637. The minimum absolute atomic E-state index is 0.0295. The van der Waals surface area contributed by atoms with Crippen molar-refractivity contribution in [3.63, 3.8) is 0 Å². The third-order valence-corrected chi connectivity index (χ3v) is 6.66. The van der Waals surface area contributed by atoms with Crippen LogP contribution >= 0.6 is 11.3 Å². The Morgan fingerprint density at radius 3 is 2.66 bits per heavy atom. The highest BCUT2D eigenvalue weighted by atomic mass is 32.1. The van der Waals surface area contributed by atoms with E-state index in [0.717, 1.165) is 23.6 Å². The summed E-state index contributed by atoms with van der Waals surface area (Å²) in [7, 11) is 1.43. The van der Waals surface area contributed by atoms with Crippen molar-refractivity contribution in [2.75, 3.05) is 33.3 Å². The van der Waals surface area contributed by atoms with Crippen molar-refractivity contribution in [3.05, 3.63) is 58.9 Å². The van der Waals surface area contributed by atoms with Gasteiger partial charge in [0.15, 0.2) is 11.6 Å². The summed E-state index contributed by atoms with van der Waals surface area (Å²) in [6.45, 7) is 5.13. The van der Waals surface area contributed by atoms with Crippen LogP contribution in [-0.2, 0) is 11.2 Å². The molecule has 0 spiro atoms. The number of piperazine rings is 1. The number of para-hydroxylation sites is 1. The molecule has 1 aromatic heterocycles. The number of carbonyl (C=O) groups is 1. The van der Waals surface area contributed by atoms with Gasteiger partial charge in [-0.2, -0.15) is 0 Å². The lowest BCUT2D eigenvalue weighted by Gasteiger charge is -2.37. The summed E-state index contributed by atoms with van der Waals surface area (Å²) >= 11 is 1.73. The van der Waals surface area contributed by atoms with Gasteiger partial charge in [-0.15, -0.1) is 11.3 Å². The predicted octanol–water partition coefficient (Wildman–Crippen LogP) is 3.89. The maximum absolute atomic E-state index is 13.9. The summed E-state index contributed by atoms with van der Waals surface area (Å²) in [5.74, 6) is -0.215. The molecule has 0 N–H and O–H groups in total. The van der Waals surface area contributed by atoms with Crippen LogP contribution in [-0.4, -0.2) is 54.0 Å². The van der Waals surface area contributed by atoms with Gasteiger partial charge >= 0.3 is 0 Å². The number of carbonyl (C=O) groups excluding carboxylic acids is 1. The number of nitrogens with zero attached hydrogens (tertiary/aromatic N) is 3. The van der Waals surface area contributed by atoms with Gasteiger partial charge in [-0.3, -0.25) is 9.69 Å². The molecule has 1 atom stereocenters. The van der Waals surface area contributed by atoms with Crippen LogP contribution in [0.4, 0.5) is 4.39 Å². The number of thiazole rings is 1. The molecule has 29 heavy (non-hydrogen) atoms. The Kier molecular flexibility index (Phi) is 5.78. The zero-order valence-electron chi connectivity index (χ0n) is 16.6. The predicted molar refractivity (Wildman–Crippen MR) is 113 cm³/mol. The normalized spacial score (nSPS) is 16.2. The fraction of sp³-hybridized carbons (Fsp3) is 0.364. The second kappa shape index (κ2) is 8.47. The lowest BCUT2D eigenvalue weighted by molar-refractivity contribution is -0.132. The van der Waals surface area contributed by atoms with Crippen molar-refractivity contribution in [1.29, 1.82) is 0 Å². The Morgan fingerprint density at radius 1 is 1.21 bits per heavy atom. The second-order valence-electron chi connectivity index (χ2n) is 7.26. The van der Waals surface area contributed by atoms with Crippen molar-refractivity contribution < 1.29 is 13.9 Å². The smallest absolute Gasteiger partial charge is 0.227 e. The van der Waals surface area contributed by atoms with E-state index in [1.807, 2.05) is 23.1 Å². The van der Waals surface area contributed by atoms with Gasteiger partial charge in [0.2, 0.25) is 5.91 Å². The topological polar surface area (TPSA) is 45.7 Å². The molecule has 1 saturated heterocycles. The lowest BCUT2D eigenvalue weighted by atomic mass is 10.1. The van der Waals surface area contributed by atoms with E-state index in [9.17, 15) is 9.18 Å². The molecule has 0 aliphatic carbocycles. The van der Waals surface area contributed by atoms with Crippen LogP contribution in [0.3, 0.4) is 0 Å². The fourth-order valence-corrected chi connectivity index (χ4v) is 4.74. The van der Waals surface area contributed by atoms with E-state index in [1.54, 1.807) is 23.5 Å². The van der Waals surface area contributed by atoms with Gasteiger partial charge in [-0.25, -0.2) is 9.37 Å². The number of rotatable bonds is 5. The third kappa shape index (κ3) is 4.26. The molecule has 152 valence electrons. The van der Waals surface area contributed by atoms with Crippen LogP contribution in [0, 0.1) is 5.82 Å². The number of benzene rings is 2. The number of fused-ring (bicyclic) bond motifs is 1. The van der Waals surface area contributed by atoms with E-state index in [0.29, 0.717) is 18.7 Å². The summed E-state index contributed by atoms with van der Waals surface area (Å²) in [5, 5.41) is 1.11. The van der Waals surface area contributed by atoms with Gasteiger partial charge in [0.1, 0.15) is 5.01 Å². The molecule has 1 aliphatic rings. The van der Waals surface area contributed by atoms with E-state index < -0.39 is 5.82 Å². The summed E-state index contributed by atoms with van der Waals surface area (Å²) in [5.41, 5.74) is 1.71.